The smallest absolute Gasteiger partial charge is 0.00748 e. The van der Waals surface area contributed by atoms with Gasteiger partial charge < -0.3 is 0 Å². The van der Waals surface area contributed by atoms with E-state index in [1.165, 1.54) is 6.42 Å². The van der Waals surface area contributed by atoms with Gasteiger partial charge in [0, 0.05) is 0 Å². The van der Waals surface area contributed by atoms with E-state index in [1.807, 2.05) is 0 Å². The number of rotatable bonds is 0. The van der Waals surface area contributed by atoms with E-state index in [0.29, 0.717) is 16.2 Å². The summed E-state index contributed by atoms with van der Waals surface area (Å²) in [6.07, 6.45) is 1.25. The molecule has 0 radical (unpaired) electrons. The minimum Gasteiger partial charge on any atom is -0.0732 e. The van der Waals surface area contributed by atoms with Gasteiger partial charge in [-0.1, -0.05) is 66.5 Å². The molecule has 0 bridgehead atoms. The Morgan fingerprint density at radius 2 is 1.18 bits per heavy atom. The largest absolute Gasteiger partial charge is 0.0732 e. The van der Waals surface area contributed by atoms with Crippen LogP contribution >= 0.6 is 0 Å². The summed E-state index contributed by atoms with van der Waals surface area (Å²) in [4.78, 5) is 0. The number of hydrogen-bond donors (Lipinski definition) is 0. The summed E-state index contributed by atoms with van der Waals surface area (Å²) in [7, 11) is 0. The Labute approximate surface area is 109 Å². The van der Waals surface area contributed by atoms with E-state index in [0.717, 1.165) is 0 Å². The van der Waals surface area contributed by atoms with Gasteiger partial charge in [0.1, 0.15) is 0 Å². The van der Waals surface area contributed by atoms with Gasteiger partial charge in [-0.15, -0.1) is 0 Å². The quantitative estimate of drug-likeness (QED) is 0.464. The van der Waals surface area contributed by atoms with Crippen molar-refractivity contribution in [1.82, 2.24) is 0 Å². The van der Waals surface area contributed by atoms with Crippen LogP contribution in [-0.4, -0.2) is 0 Å². The summed E-state index contributed by atoms with van der Waals surface area (Å²) in [5, 5.41) is 0. The third-order valence-corrected chi connectivity index (χ3v) is 5.74. The lowest BCUT2D eigenvalue weighted by atomic mass is 9.44. The van der Waals surface area contributed by atoms with Crippen LogP contribution in [0.2, 0.25) is 0 Å². The van der Waals surface area contributed by atoms with Gasteiger partial charge in [-0.2, -0.15) is 0 Å². The van der Waals surface area contributed by atoms with Crippen molar-refractivity contribution in [2.45, 2.75) is 75.7 Å². The fourth-order valence-corrected chi connectivity index (χ4v) is 5.14. The monoisotopic (exact) mass is 236 g/mol. The molecule has 0 aromatic heterocycles. The van der Waals surface area contributed by atoms with Gasteiger partial charge in [0.2, 0.25) is 0 Å². The van der Waals surface area contributed by atoms with Crippen molar-refractivity contribution in [3.05, 3.63) is 11.1 Å². The zero-order valence-electron chi connectivity index (χ0n) is 13.7. The van der Waals surface area contributed by atoms with Crippen molar-refractivity contribution in [2.24, 2.45) is 21.7 Å². The Morgan fingerprint density at radius 1 is 0.824 bits per heavy atom. The predicted octanol–water partition coefficient (Wildman–Crippen LogP) is 5.83. The first-order chi connectivity index (χ1) is 7.29. The molecule has 0 unspecified atom stereocenters. The third kappa shape index (κ3) is 1.71. The summed E-state index contributed by atoms with van der Waals surface area (Å²) >= 11 is 0. The predicted molar refractivity (Wildman–Crippen MR) is 78.1 cm³/mol. The summed E-state index contributed by atoms with van der Waals surface area (Å²) in [6.45, 7) is 24.1. The van der Waals surface area contributed by atoms with Crippen LogP contribution in [0.15, 0.2) is 11.1 Å². The van der Waals surface area contributed by atoms with Crippen LogP contribution in [-0.2, 0) is 0 Å². The van der Waals surface area contributed by atoms with Crippen LogP contribution in [0.1, 0.15) is 75.7 Å². The lowest BCUT2D eigenvalue weighted by Gasteiger charge is -2.60. The summed E-state index contributed by atoms with van der Waals surface area (Å²) in [6, 6.07) is 0. The fraction of sp³-hybridized carbons (Fsp3) is 0.882. The standard InChI is InChI=1S/C17H32/c1-12-11-17(14(3,4)5,15(6,7)8)16(9,10)13(12)2/h11H2,1-10H3. The summed E-state index contributed by atoms with van der Waals surface area (Å²) in [5.41, 5.74) is 4.47. The molecule has 0 aliphatic heterocycles. The van der Waals surface area contributed by atoms with Crippen molar-refractivity contribution in [3.8, 4) is 0 Å². The molecule has 100 valence electrons. The first kappa shape index (κ1) is 14.8. The molecule has 1 rings (SSSR count). The van der Waals surface area contributed by atoms with Gasteiger partial charge in [0.05, 0.1) is 0 Å². The molecular weight excluding hydrogens is 204 g/mol. The maximum Gasteiger partial charge on any atom is -0.00748 e. The molecule has 0 atom stereocenters. The highest BCUT2D eigenvalue weighted by molar-refractivity contribution is 5.33. The molecule has 0 saturated heterocycles. The normalized spacial score (nSPS) is 24.4. The van der Waals surface area contributed by atoms with Crippen LogP contribution in [0.4, 0.5) is 0 Å². The molecule has 0 spiro atoms. The molecule has 0 N–H and O–H groups in total. The highest BCUT2D eigenvalue weighted by Crippen LogP contribution is 2.70. The van der Waals surface area contributed by atoms with E-state index < -0.39 is 0 Å². The molecule has 0 amide bonds. The Morgan fingerprint density at radius 3 is 1.29 bits per heavy atom. The van der Waals surface area contributed by atoms with E-state index in [1.54, 1.807) is 11.1 Å². The van der Waals surface area contributed by atoms with Gasteiger partial charge in [-0.3, -0.25) is 0 Å². The Balaban J connectivity index is 3.53. The summed E-state index contributed by atoms with van der Waals surface area (Å²) < 4.78 is 0. The molecule has 0 nitrogen and oxygen atoms in total. The van der Waals surface area contributed by atoms with Crippen molar-refractivity contribution < 1.29 is 0 Å². The van der Waals surface area contributed by atoms with Gasteiger partial charge in [0.15, 0.2) is 0 Å². The lowest BCUT2D eigenvalue weighted by Crippen LogP contribution is -2.53. The second kappa shape index (κ2) is 3.62. The van der Waals surface area contributed by atoms with Gasteiger partial charge in [0.25, 0.3) is 0 Å². The maximum absolute atomic E-state index is 2.45. The zero-order chi connectivity index (χ0) is 13.9. The van der Waals surface area contributed by atoms with Crippen LogP contribution in [0.25, 0.3) is 0 Å². The van der Waals surface area contributed by atoms with Gasteiger partial charge in [-0.05, 0) is 41.9 Å². The van der Waals surface area contributed by atoms with Crippen LogP contribution < -0.4 is 0 Å². The second-order valence-corrected chi connectivity index (χ2v) is 8.61. The van der Waals surface area contributed by atoms with Gasteiger partial charge >= 0.3 is 0 Å². The second-order valence-electron chi connectivity index (χ2n) is 8.61. The number of hydrogen-bond acceptors (Lipinski definition) is 0. The van der Waals surface area contributed by atoms with Crippen molar-refractivity contribution >= 4 is 0 Å². The molecular formula is C17H32. The molecule has 0 aromatic carbocycles. The van der Waals surface area contributed by atoms with E-state index in [-0.39, 0.29) is 5.41 Å². The Hall–Kier alpha value is -0.260. The maximum atomic E-state index is 2.45. The summed E-state index contributed by atoms with van der Waals surface area (Å²) in [5.74, 6) is 0. The number of allylic oxidation sites excluding steroid dienone is 2. The molecule has 0 heterocycles. The highest BCUT2D eigenvalue weighted by atomic mass is 14.7. The molecule has 0 fully saturated rings. The topological polar surface area (TPSA) is 0 Å². The average molecular weight is 236 g/mol. The van der Waals surface area contributed by atoms with Crippen LogP contribution in [0, 0.1) is 21.7 Å². The molecule has 17 heavy (non-hydrogen) atoms. The SMILES string of the molecule is CC1=C(C)C(C)(C)C(C(C)(C)C)(C(C)(C)C)C1. The van der Waals surface area contributed by atoms with E-state index in [2.05, 4.69) is 69.2 Å². The molecule has 0 aromatic rings. The first-order valence-electron chi connectivity index (χ1n) is 6.96. The lowest BCUT2D eigenvalue weighted by molar-refractivity contribution is -0.101. The van der Waals surface area contributed by atoms with E-state index in [9.17, 15) is 0 Å². The van der Waals surface area contributed by atoms with E-state index >= 15 is 0 Å². The van der Waals surface area contributed by atoms with Crippen molar-refractivity contribution in [3.63, 3.8) is 0 Å². The Bertz CT molecular complexity index is 325. The molecule has 1 aliphatic rings. The third-order valence-electron chi connectivity index (χ3n) is 5.74. The van der Waals surface area contributed by atoms with Crippen LogP contribution in [0.5, 0.6) is 0 Å². The van der Waals surface area contributed by atoms with E-state index in [4.69, 9.17) is 0 Å². The molecule has 1 aliphatic carbocycles. The minimum absolute atomic E-state index is 0.285. The average Bonchev–Trinajstić information content (AvgIpc) is 2.24. The van der Waals surface area contributed by atoms with Crippen molar-refractivity contribution in [1.29, 1.82) is 0 Å². The molecule has 0 saturated carbocycles. The highest BCUT2D eigenvalue weighted by Gasteiger charge is 2.62. The minimum atomic E-state index is 0.285. The molecule has 0 heteroatoms. The first-order valence-corrected chi connectivity index (χ1v) is 6.96. The Kier molecular flexibility index (Phi) is 3.15. The fourth-order valence-electron chi connectivity index (χ4n) is 5.14. The van der Waals surface area contributed by atoms with Gasteiger partial charge in [-0.25, -0.2) is 0 Å². The van der Waals surface area contributed by atoms with Crippen LogP contribution in [0.3, 0.4) is 0 Å². The van der Waals surface area contributed by atoms with Crippen molar-refractivity contribution in [2.75, 3.05) is 0 Å². The zero-order valence-corrected chi connectivity index (χ0v) is 13.7.